The maximum atomic E-state index is 13.1. The molecular formula is C25H24F6N2O4. The molecule has 12 heteroatoms. The minimum absolute atomic E-state index is 0.00651. The maximum absolute atomic E-state index is 13.1. The number of benzene rings is 2. The van der Waals surface area contributed by atoms with E-state index < -0.39 is 41.5 Å². The van der Waals surface area contributed by atoms with Gasteiger partial charge in [-0.15, -0.1) is 6.58 Å². The Kier molecular flexibility index (Phi) is 8.52. The third-order valence-corrected chi connectivity index (χ3v) is 5.44. The fourth-order valence-electron chi connectivity index (χ4n) is 3.56. The Labute approximate surface area is 208 Å². The number of hydrogen-bond donors (Lipinski definition) is 2. The molecule has 0 saturated heterocycles. The standard InChI is InChI=1S/C25H24F6N2O4/c1-2-8-23(15-37-21(33-23)17-4-6-20(7-5-17)36-10-3-9-34)22(35)32-14-16-11-18(24(26,27)28)13-19(12-16)25(29,30)31/h2,4-7,11-13,34H,1,3,8-10,14-15H2,(H,32,35)/t23-/m1/s1. The first-order valence-electron chi connectivity index (χ1n) is 11.1. The zero-order chi connectivity index (χ0) is 27.3. The van der Waals surface area contributed by atoms with Crippen LogP contribution < -0.4 is 10.1 Å². The molecule has 0 spiro atoms. The minimum Gasteiger partial charge on any atom is -0.494 e. The Morgan fingerprint density at radius 2 is 1.73 bits per heavy atom. The van der Waals surface area contributed by atoms with Gasteiger partial charge in [0.25, 0.3) is 5.91 Å². The van der Waals surface area contributed by atoms with Crippen LogP contribution in [0, 0.1) is 0 Å². The number of carbonyl (C=O) groups is 1. The molecule has 1 amide bonds. The summed E-state index contributed by atoms with van der Waals surface area (Å²) in [4.78, 5) is 17.4. The molecule has 0 aromatic heterocycles. The van der Waals surface area contributed by atoms with Gasteiger partial charge in [0.05, 0.1) is 17.7 Å². The smallest absolute Gasteiger partial charge is 0.416 e. The molecule has 0 bridgehead atoms. The molecule has 200 valence electrons. The molecule has 0 unspecified atom stereocenters. The van der Waals surface area contributed by atoms with Gasteiger partial charge in [0, 0.05) is 31.6 Å². The van der Waals surface area contributed by atoms with Gasteiger partial charge in [0.15, 0.2) is 5.54 Å². The summed E-state index contributed by atoms with van der Waals surface area (Å²) in [5.41, 5.74) is -4.28. The lowest BCUT2D eigenvalue weighted by Gasteiger charge is -2.22. The Bertz CT molecular complexity index is 1110. The van der Waals surface area contributed by atoms with Crippen molar-refractivity contribution in [3.8, 4) is 5.75 Å². The number of rotatable bonds is 10. The molecule has 37 heavy (non-hydrogen) atoms. The van der Waals surface area contributed by atoms with Crippen LogP contribution in [0.2, 0.25) is 0 Å². The maximum Gasteiger partial charge on any atom is 0.416 e. The molecule has 2 aromatic carbocycles. The van der Waals surface area contributed by atoms with Crippen molar-refractivity contribution in [2.45, 2.75) is 37.3 Å². The van der Waals surface area contributed by atoms with Gasteiger partial charge < -0.3 is 19.9 Å². The van der Waals surface area contributed by atoms with Crippen LogP contribution in [-0.2, 0) is 28.4 Å². The lowest BCUT2D eigenvalue weighted by molar-refractivity contribution is -0.143. The Morgan fingerprint density at radius 1 is 1.11 bits per heavy atom. The number of halogens is 6. The number of aliphatic imine (C=N–C) groups is 1. The highest BCUT2D eigenvalue weighted by molar-refractivity contribution is 6.00. The second-order valence-corrected chi connectivity index (χ2v) is 8.28. The van der Waals surface area contributed by atoms with E-state index in [0.717, 1.165) is 0 Å². The average Bonchev–Trinajstić information content (AvgIpc) is 3.27. The number of ether oxygens (including phenoxy) is 2. The topological polar surface area (TPSA) is 80.2 Å². The van der Waals surface area contributed by atoms with Gasteiger partial charge in [-0.25, -0.2) is 4.99 Å². The molecule has 0 saturated carbocycles. The van der Waals surface area contributed by atoms with E-state index in [0.29, 0.717) is 36.5 Å². The van der Waals surface area contributed by atoms with Crippen LogP contribution in [0.4, 0.5) is 26.3 Å². The van der Waals surface area contributed by atoms with Crippen LogP contribution in [0.25, 0.3) is 0 Å². The van der Waals surface area contributed by atoms with Crippen molar-refractivity contribution < 1.29 is 45.7 Å². The zero-order valence-corrected chi connectivity index (χ0v) is 19.5. The second-order valence-electron chi connectivity index (χ2n) is 8.28. The van der Waals surface area contributed by atoms with Crippen molar-refractivity contribution in [2.75, 3.05) is 19.8 Å². The molecular weight excluding hydrogens is 506 g/mol. The van der Waals surface area contributed by atoms with E-state index in [2.05, 4.69) is 16.9 Å². The van der Waals surface area contributed by atoms with Gasteiger partial charge in [0.1, 0.15) is 12.4 Å². The number of aliphatic hydroxyl groups is 1. The molecule has 6 nitrogen and oxygen atoms in total. The van der Waals surface area contributed by atoms with Gasteiger partial charge in [-0.3, -0.25) is 4.79 Å². The fourth-order valence-corrected chi connectivity index (χ4v) is 3.56. The summed E-state index contributed by atoms with van der Waals surface area (Å²) in [5.74, 6) is -0.0557. The summed E-state index contributed by atoms with van der Waals surface area (Å²) in [5, 5.41) is 11.2. The Morgan fingerprint density at radius 3 is 2.27 bits per heavy atom. The lowest BCUT2D eigenvalue weighted by Crippen LogP contribution is -2.46. The van der Waals surface area contributed by atoms with Crippen molar-refractivity contribution >= 4 is 11.8 Å². The summed E-state index contributed by atoms with van der Waals surface area (Å²) >= 11 is 0. The number of hydrogen-bond acceptors (Lipinski definition) is 5. The molecule has 1 heterocycles. The molecule has 3 rings (SSSR count). The first-order valence-corrected chi connectivity index (χ1v) is 11.1. The summed E-state index contributed by atoms with van der Waals surface area (Å²) in [6.07, 6.45) is -8.10. The highest BCUT2D eigenvalue weighted by Crippen LogP contribution is 2.36. The van der Waals surface area contributed by atoms with E-state index in [1.54, 1.807) is 24.3 Å². The zero-order valence-electron chi connectivity index (χ0n) is 19.5. The van der Waals surface area contributed by atoms with E-state index in [4.69, 9.17) is 14.6 Å². The summed E-state index contributed by atoms with van der Waals surface area (Å²) in [6, 6.07) is 7.73. The normalized spacial score (nSPS) is 17.6. The van der Waals surface area contributed by atoms with Crippen LogP contribution in [0.15, 0.2) is 60.1 Å². The summed E-state index contributed by atoms with van der Waals surface area (Å²) < 4.78 is 89.9. The highest BCUT2D eigenvalue weighted by Gasteiger charge is 2.43. The number of carbonyl (C=O) groups excluding carboxylic acids is 1. The SMILES string of the molecule is C=CC[C@]1(C(=O)NCc2cc(C(F)(F)F)cc(C(F)(F)F)c2)COC(c2ccc(OCCCO)cc2)=N1. The lowest BCUT2D eigenvalue weighted by atomic mass is 9.96. The minimum atomic E-state index is -5.00. The first kappa shape index (κ1) is 28.0. The number of alkyl halides is 6. The largest absolute Gasteiger partial charge is 0.494 e. The Hall–Kier alpha value is -3.54. The molecule has 2 aromatic rings. The average molecular weight is 530 g/mol. The van der Waals surface area contributed by atoms with Crippen LogP contribution in [0.3, 0.4) is 0 Å². The summed E-state index contributed by atoms with van der Waals surface area (Å²) in [6.45, 7) is 3.13. The quantitative estimate of drug-likeness (QED) is 0.260. The monoisotopic (exact) mass is 530 g/mol. The van der Waals surface area contributed by atoms with Crippen molar-refractivity contribution in [2.24, 2.45) is 4.99 Å². The van der Waals surface area contributed by atoms with Crippen molar-refractivity contribution in [3.63, 3.8) is 0 Å². The van der Waals surface area contributed by atoms with Gasteiger partial charge in [-0.1, -0.05) is 6.08 Å². The van der Waals surface area contributed by atoms with E-state index in [1.807, 2.05) is 0 Å². The van der Waals surface area contributed by atoms with Crippen LogP contribution >= 0.6 is 0 Å². The molecule has 1 aliphatic rings. The number of nitrogens with zero attached hydrogens (tertiary/aromatic N) is 1. The van der Waals surface area contributed by atoms with Crippen LogP contribution in [0.5, 0.6) is 5.75 Å². The highest BCUT2D eigenvalue weighted by atomic mass is 19.4. The molecule has 1 aliphatic heterocycles. The molecule has 1 atom stereocenters. The number of aliphatic hydroxyl groups excluding tert-OH is 1. The van der Waals surface area contributed by atoms with Gasteiger partial charge in [-0.05, 0) is 48.0 Å². The summed E-state index contributed by atoms with van der Waals surface area (Å²) in [7, 11) is 0. The predicted octanol–water partition coefficient (Wildman–Crippen LogP) is 4.89. The molecule has 0 aliphatic carbocycles. The Balaban J connectivity index is 1.78. The van der Waals surface area contributed by atoms with E-state index in [9.17, 15) is 31.1 Å². The number of amides is 1. The molecule has 0 radical (unpaired) electrons. The van der Waals surface area contributed by atoms with Gasteiger partial charge in [-0.2, -0.15) is 26.3 Å². The van der Waals surface area contributed by atoms with Gasteiger partial charge >= 0.3 is 12.4 Å². The van der Waals surface area contributed by atoms with Crippen molar-refractivity contribution in [1.29, 1.82) is 0 Å². The first-order chi connectivity index (χ1) is 17.4. The van der Waals surface area contributed by atoms with Crippen LogP contribution in [-0.4, -0.2) is 42.3 Å². The van der Waals surface area contributed by atoms with E-state index in [1.165, 1.54) is 6.08 Å². The predicted molar refractivity (Wildman–Crippen MR) is 122 cm³/mol. The second kappa shape index (κ2) is 11.2. The van der Waals surface area contributed by atoms with E-state index >= 15 is 0 Å². The number of nitrogens with one attached hydrogen (secondary N) is 1. The third-order valence-electron chi connectivity index (χ3n) is 5.44. The molecule has 2 N–H and O–H groups in total. The third kappa shape index (κ3) is 7.03. The van der Waals surface area contributed by atoms with Crippen molar-refractivity contribution in [3.05, 3.63) is 77.4 Å². The van der Waals surface area contributed by atoms with Gasteiger partial charge in [0.2, 0.25) is 5.90 Å². The van der Waals surface area contributed by atoms with Crippen molar-refractivity contribution in [1.82, 2.24) is 5.32 Å². The molecule has 0 fully saturated rings. The van der Waals surface area contributed by atoms with Crippen LogP contribution in [0.1, 0.15) is 35.1 Å². The van der Waals surface area contributed by atoms with E-state index in [-0.39, 0.29) is 37.2 Å². The fraction of sp³-hybridized carbons (Fsp3) is 0.360.